The first-order valence-electron chi connectivity index (χ1n) is 3.86. The molecular formula is C10H8ClNO. The van der Waals surface area contributed by atoms with Crippen molar-refractivity contribution < 1.29 is 4.42 Å². The van der Waals surface area contributed by atoms with Crippen molar-refractivity contribution in [1.82, 2.24) is 0 Å². The zero-order valence-electron chi connectivity index (χ0n) is 6.83. The summed E-state index contributed by atoms with van der Waals surface area (Å²) in [7, 11) is 0. The van der Waals surface area contributed by atoms with Gasteiger partial charge in [0.2, 0.25) is 0 Å². The van der Waals surface area contributed by atoms with E-state index in [1.54, 1.807) is 12.3 Å². The Morgan fingerprint density at radius 2 is 2.00 bits per heavy atom. The van der Waals surface area contributed by atoms with Crippen LogP contribution in [0.25, 0.3) is 11.1 Å². The van der Waals surface area contributed by atoms with Crippen LogP contribution in [0.3, 0.4) is 0 Å². The van der Waals surface area contributed by atoms with Gasteiger partial charge in [0, 0.05) is 22.2 Å². The summed E-state index contributed by atoms with van der Waals surface area (Å²) in [6.07, 6.45) is 1.59. The van der Waals surface area contributed by atoms with E-state index in [0.29, 0.717) is 10.9 Å². The molecule has 0 bridgehead atoms. The number of benzene rings is 1. The van der Waals surface area contributed by atoms with Crippen molar-refractivity contribution in [1.29, 1.82) is 0 Å². The zero-order chi connectivity index (χ0) is 9.26. The molecule has 1 aromatic carbocycles. The van der Waals surface area contributed by atoms with Crippen molar-refractivity contribution in [3.63, 3.8) is 0 Å². The predicted octanol–water partition coefficient (Wildman–Crippen LogP) is 3.18. The molecule has 0 saturated carbocycles. The number of halogens is 1. The maximum absolute atomic E-state index is 5.99. The predicted molar refractivity (Wildman–Crippen MR) is 53.6 cm³/mol. The van der Waals surface area contributed by atoms with E-state index in [9.17, 15) is 0 Å². The van der Waals surface area contributed by atoms with E-state index < -0.39 is 0 Å². The molecule has 1 heterocycles. The van der Waals surface area contributed by atoms with Crippen LogP contribution >= 0.6 is 11.6 Å². The van der Waals surface area contributed by atoms with Crippen LogP contribution in [-0.4, -0.2) is 0 Å². The second-order valence-corrected chi connectivity index (χ2v) is 3.12. The molecule has 2 N–H and O–H groups in total. The highest BCUT2D eigenvalue weighted by Crippen LogP contribution is 2.29. The van der Waals surface area contributed by atoms with Crippen molar-refractivity contribution in [3.05, 3.63) is 41.6 Å². The Labute approximate surface area is 80.9 Å². The maximum atomic E-state index is 5.99. The summed E-state index contributed by atoms with van der Waals surface area (Å²) in [5.41, 5.74) is 7.30. The van der Waals surface area contributed by atoms with Gasteiger partial charge in [0.25, 0.3) is 0 Å². The molecule has 0 atom stereocenters. The van der Waals surface area contributed by atoms with Crippen LogP contribution in [0.2, 0.25) is 5.02 Å². The van der Waals surface area contributed by atoms with E-state index in [2.05, 4.69) is 0 Å². The van der Waals surface area contributed by atoms with Gasteiger partial charge >= 0.3 is 0 Å². The molecule has 3 heteroatoms. The minimum Gasteiger partial charge on any atom is -0.449 e. The Kier molecular flexibility index (Phi) is 1.99. The Balaban J connectivity index is 2.52. The number of nitrogens with two attached hydrogens (primary N) is 1. The fourth-order valence-corrected chi connectivity index (χ4v) is 1.43. The summed E-state index contributed by atoms with van der Waals surface area (Å²) in [6, 6.07) is 9.31. The van der Waals surface area contributed by atoms with Crippen LogP contribution in [-0.2, 0) is 0 Å². The Hall–Kier alpha value is -1.41. The van der Waals surface area contributed by atoms with Crippen LogP contribution in [0.15, 0.2) is 41.0 Å². The van der Waals surface area contributed by atoms with Crippen LogP contribution < -0.4 is 5.73 Å². The lowest BCUT2D eigenvalue weighted by atomic mass is 10.1. The van der Waals surface area contributed by atoms with Crippen LogP contribution in [0.4, 0.5) is 5.88 Å². The normalized spacial score (nSPS) is 10.2. The van der Waals surface area contributed by atoms with Crippen molar-refractivity contribution in [3.8, 4) is 11.1 Å². The molecule has 2 nitrogen and oxygen atoms in total. The lowest BCUT2D eigenvalue weighted by molar-refractivity contribution is 0.588. The zero-order valence-corrected chi connectivity index (χ0v) is 7.58. The molecule has 0 radical (unpaired) electrons. The van der Waals surface area contributed by atoms with Gasteiger partial charge in [-0.15, -0.1) is 0 Å². The third kappa shape index (κ3) is 1.53. The number of hydrogen-bond acceptors (Lipinski definition) is 2. The summed E-state index contributed by atoms with van der Waals surface area (Å²) in [6.45, 7) is 0. The van der Waals surface area contributed by atoms with E-state index in [1.165, 1.54) is 0 Å². The lowest BCUT2D eigenvalue weighted by Crippen LogP contribution is -1.77. The SMILES string of the molecule is Nc1cc(-c2ccccc2Cl)co1. The van der Waals surface area contributed by atoms with E-state index in [-0.39, 0.29) is 0 Å². The van der Waals surface area contributed by atoms with Crippen molar-refractivity contribution in [2.24, 2.45) is 0 Å². The van der Waals surface area contributed by atoms with Gasteiger partial charge in [-0.2, -0.15) is 0 Å². The molecule has 2 aromatic rings. The Morgan fingerprint density at radius 1 is 1.23 bits per heavy atom. The van der Waals surface area contributed by atoms with Gasteiger partial charge in [-0.05, 0) is 6.07 Å². The molecule has 0 aliphatic heterocycles. The fraction of sp³-hybridized carbons (Fsp3) is 0. The van der Waals surface area contributed by atoms with Gasteiger partial charge in [0.15, 0.2) is 5.88 Å². The Bertz CT molecular complexity index is 422. The van der Waals surface area contributed by atoms with Gasteiger partial charge < -0.3 is 10.2 Å². The first-order valence-corrected chi connectivity index (χ1v) is 4.24. The molecular weight excluding hydrogens is 186 g/mol. The van der Waals surface area contributed by atoms with Crippen LogP contribution in [0, 0.1) is 0 Å². The highest BCUT2D eigenvalue weighted by molar-refractivity contribution is 6.33. The second kappa shape index (κ2) is 3.15. The first-order chi connectivity index (χ1) is 6.27. The summed E-state index contributed by atoms with van der Waals surface area (Å²) < 4.78 is 4.99. The molecule has 0 amide bonds. The van der Waals surface area contributed by atoms with Gasteiger partial charge in [0.05, 0.1) is 0 Å². The molecule has 66 valence electrons. The summed E-state index contributed by atoms with van der Waals surface area (Å²) in [4.78, 5) is 0. The van der Waals surface area contributed by atoms with Crippen molar-refractivity contribution in [2.45, 2.75) is 0 Å². The minimum atomic E-state index is 0.398. The van der Waals surface area contributed by atoms with Gasteiger partial charge in [-0.1, -0.05) is 29.8 Å². The largest absolute Gasteiger partial charge is 0.449 e. The third-order valence-electron chi connectivity index (χ3n) is 1.80. The van der Waals surface area contributed by atoms with Crippen molar-refractivity contribution in [2.75, 3.05) is 5.73 Å². The summed E-state index contributed by atoms with van der Waals surface area (Å²) in [5.74, 6) is 0.398. The maximum Gasteiger partial charge on any atom is 0.190 e. The molecule has 0 unspecified atom stereocenters. The molecule has 2 rings (SSSR count). The molecule has 13 heavy (non-hydrogen) atoms. The van der Waals surface area contributed by atoms with Gasteiger partial charge in [-0.25, -0.2) is 0 Å². The third-order valence-corrected chi connectivity index (χ3v) is 2.13. The monoisotopic (exact) mass is 193 g/mol. The number of anilines is 1. The average molecular weight is 194 g/mol. The molecule has 0 fully saturated rings. The number of furan rings is 1. The van der Waals surface area contributed by atoms with Crippen LogP contribution in [0.5, 0.6) is 0 Å². The summed E-state index contributed by atoms with van der Waals surface area (Å²) in [5, 5.41) is 0.698. The van der Waals surface area contributed by atoms with E-state index in [1.807, 2.05) is 24.3 Å². The highest BCUT2D eigenvalue weighted by Gasteiger charge is 2.04. The minimum absolute atomic E-state index is 0.398. The number of nitrogen functional groups attached to an aromatic ring is 1. The average Bonchev–Trinajstić information content (AvgIpc) is 2.53. The fourth-order valence-electron chi connectivity index (χ4n) is 1.19. The molecule has 0 aliphatic rings. The van der Waals surface area contributed by atoms with Gasteiger partial charge in [-0.3, -0.25) is 0 Å². The smallest absolute Gasteiger partial charge is 0.190 e. The van der Waals surface area contributed by atoms with E-state index in [4.69, 9.17) is 21.8 Å². The summed E-state index contributed by atoms with van der Waals surface area (Å²) >= 11 is 5.99. The van der Waals surface area contributed by atoms with Gasteiger partial charge in [0.1, 0.15) is 6.26 Å². The number of hydrogen-bond donors (Lipinski definition) is 1. The van der Waals surface area contributed by atoms with Crippen LogP contribution in [0.1, 0.15) is 0 Å². The van der Waals surface area contributed by atoms with E-state index >= 15 is 0 Å². The first kappa shape index (κ1) is 8.20. The topological polar surface area (TPSA) is 39.2 Å². The standard InChI is InChI=1S/C10H8ClNO/c11-9-4-2-1-3-8(9)7-5-10(12)13-6-7/h1-6H,12H2. The molecule has 0 aliphatic carbocycles. The molecule has 1 aromatic heterocycles. The Morgan fingerprint density at radius 3 is 2.62 bits per heavy atom. The van der Waals surface area contributed by atoms with Crippen molar-refractivity contribution >= 4 is 17.5 Å². The molecule has 0 saturated heterocycles. The highest BCUT2D eigenvalue weighted by atomic mass is 35.5. The van der Waals surface area contributed by atoms with E-state index in [0.717, 1.165) is 11.1 Å². The second-order valence-electron chi connectivity index (χ2n) is 2.72. The lowest BCUT2D eigenvalue weighted by Gasteiger charge is -1.98. The molecule has 0 spiro atoms. The number of rotatable bonds is 1. The quantitative estimate of drug-likeness (QED) is 0.756.